The third-order valence-electron chi connectivity index (χ3n) is 9.91. The highest BCUT2D eigenvalue weighted by Crippen LogP contribution is 2.31. The number of rotatable bonds is 27. The molecule has 3 rings (SSSR count). The second kappa shape index (κ2) is 28.2. The lowest BCUT2D eigenvalue weighted by Crippen LogP contribution is -2.45. The summed E-state index contributed by atoms with van der Waals surface area (Å²) >= 11 is 0. The van der Waals surface area contributed by atoms with Crippen molar-refractivity contribution in [3.63, 3.8) is 0 Å². The first-order valence-electron chi connectivity index (χ1n) is 22.1. The average molecular weight is 915 g/mol. The van der Waals surface area contributed by atoms with E-state index in [1.807, 2.05) is 6.07 Å². The SMILES string of the molecule is C=C(C)C(=O)OCCCc1cc(-c2ccc(OC(=O)CCc3ccc(CCCCCC)cc3)cc2)ccc1OCC(COC(=O)C(=C)C)(COC(=O)C(=O)OCC)COC(=O)C(=O)OCC. The Bertz CT molecular complexity index is 2100. The van der Waals surface area contributed by atoms with Crippen LogP contribution in [0.5, 0.6) is 11.5 Å². The minimum Gasteiger partial charge on any atom is -0.492 e. The van der Waals surface area contributed by atoms with Gasteiger partial charge in [0, 0.05) is 17.6 Å². The van der Waals surface area contributed by atoms with Gasteiger partial charge in [0.2, 0.25) is 0 Å². The fourth-order valence-corrected chi connectivity index (χ4v) is 6.18. The Morgan fingerprint density at radius 3 is 1.58 bits per heavy atom. The maximum Gasteiger partial charge on any atom is 0.417 e. The van der Waals surface area contributed by atoms with Crippen molar-refractivity contribution in [3.8, 4) is 22.6 Å². The van der Waals surface area contributed by atoms with Crippen LogP contribution in [0.1, 0.15) is 89.8 Å². The third-order valence-corrected chi connectivity index (χ3v) is 9.91. The summed E-state index contributed by atoms with van der Waals surface area (Å²) in [5.41, 5.74) is 3.04. The Kier molecular flexibility index (Phi) is 22.9. The Morgan fingerprint density at radius 2 is 1.03 bits per heavy atom. The van der Waals surface area contributed by atoms with Crippen molar-refractivity contribution in [2.75, 3.05) is 46.2 Å². The molecular formula is C51H62O15. The van der Waals surface area contributed by atoms with E-state index >= 15 is 0 Å². The van der Waals surface area contributed by atoms with E-state index in [2.05, 4.69) is 44.3 Å². The molecule has 0 aliphatic heterocycles. The van der Waals surface area contributed by atoms with Gasteiger partial charge in [-0.05, 0) is 112 Å². The number of hydrogen-bond donors (Lipinski definition) is 0. The van der Waals surface area contributed by atoms with E-state index in [1.165, 1.54) is 52.5 Å². The maximum atomic E-state index is 12.8. The molecule has 0 unspecified atom stereocenters. The Hall–Kier alpha value is -6.77. The molecule has 0 aliphatic rings. The minimum atomic E-state index is -1.71. The summed E-state index contributed by atoms with van der Waals surface area (Å²) in [6, 6.07) is 20.6. The van der Waals surface area contributed by atoms with Crippen molar-refractivity contribution < 1.29 is 71.5 Å². The van der Waals surface area contributed by atoms with Crippen LogP contribution in [0.2, 0.25) is 0 Å². The first kappa shape index (κ1) is 53.6. The van der Waals surface area contributed by atoms with Crippen molar-refractivity contribution in [1.82, 2.24) is 0 Å². The van der Waals surface area contributed by atoms with Gasteiger partial charge in [0.15, 0.2) is 0 Å². The van der Waals surface area contributed by atoms with Gasteiger partial charge in [-0.2, -0.15) is 0 Å². The summed E-state index contributed by atoms with van der Waals surface area (Å²) < 4.78 is 42.7. The van der Waals surface area contributed by atoms with Crippen LogP contribution >= 0.6 is 0 Å². The number of aryl methyl sites for hydroxylation is 3. The lowest BCUT2D eigenvalue weighted by molar-refractivity contribution is -0.178. The normalized spacial score (nSPS) is 10.8. The van der Waals surface area contributed by atoms with E-state index in [9.17, 15) is 33.6 Å². The van der Waals surface area contributed by atoms with Gasteiger partial charge in [-0.3, -0.25) is 4.79 Å². The Labute approximate surface area is 386 Å². The summed E-state index contributed by atoms with van der Waals surface area (Å²) in [5, 5.41) is 0. The van der Waals surface area contributed by atoms with Crippen LogP contribution in [0.4, 0.5) is 0 Å². The second-order valence-corrected chi connectivity index (χ2v) is 15.7. The molecule has 0 heterocycles. The largest absolute Gasteiger partial charge is 0.492 e. The van der Waals surface area contributed by atoms with E-state index in [0.29, 0.717) is 36.3 Å². The molecule has 0 atom stereocenters. The molecule has 356 valence electrons. The summed E-state index contributed by atoms with van der Waals surface area (Å²) in [6.45, 7) is 12.6. The Morgan fingerprint density at radius 1 is 0.515 bits per heavy atom. The monoisotopic (exact) mass is 914 g/mol. The summed E-state index contributed by atoms with van der Waals surface area (Å²) in [6.07, 6.45) is 7.30. The van der Waals surface area contributed by atoms with Crippen LogP contribution in [0, 0.1) is 5.41 Å². The molecule has 0 saturated heterocycles. The zero-order valence-electron chi connectivity index (χ0n) is 38.7. The first-order valence-corrected chi connectivity index (χ1v) is 22.1. The highest BCUT2D eigenvalue weighted by Gasteiger charge is 2.39. The van der Waals surface area contributed by atoms with Gasteiger partial charge in [0.1, 0.15) is 43.3 Å². The fourth-order valence-electron chi connectivity index (χ4n) is 6.18. The lowest BCUT2D eigenvalue weighted by Gasteiger charge is -2.32. The summed E-state index contributed by atoms with van der Waals surface area (Å²) in [7, 11) is 0. The predicted molar refractivity (Wildman–Crippen MR) is 243 cm³/mol. The molecule has 0 spiro atoms. The first-order chi connectivity index (χ1) is 31.6. The topological polar surface area (TPSA) is 193 Å². The van der Waals surface area contributed by atoms with Crippen LogP contribution in [0.3, 0.4) is 0 Å². The van der Waals surface area contributed by atoms with Crippen molar-refractivity contribution >= 4 is 41.8 Å². The zero-order chi connectivity index (χ0) is 48.5. The number of ether oxygens (including phenoxy) is 8. The summed E-state index contributed by atoms with van der Waals surface area (Å²) in [4.78, 5) is 87.0. The Balaban J connectivity index is 1.87. The number of benzene rings is 3. The number of carbonyl (C=O) groups is 7. The van der Waals surface area contributed by atoms with E-state index < -0.39 is 67.7 Å². The maximum absolute atomic E-state index is 12.8. The smallest absolute Gasteiger partial charge is 0.417 e. The molecule has 0 aromatic heterocycles. The second-order valence-electron chi connectivity index (χ2n) is 15.7. The molecule has 3 aromatic carbocycles. The predicted octanol–water partition coefficient (Wildman–Crippen LogP) is 7.76. The molecule has 0 aliphatic carbocycles. The molecule has 0 fully saturated rings. The van der Waals surface area contributed by atoms with Gasteiger partial charge in [-0.1, -0.05) is 81.8 Å². The number of esters is 7. The van der Waals surface area contributed by atoms with Crippen LogP contribution in [0.15, 0.2) is 91.0 Å². The van der Waals surface area contributed by atoms with Gasteiger partial charge in [0.05, 0.1) is 19.8 Å². The number of carbonyl (C=O) groups excluding carboxylic acids is 7. The highest BCUT2D eigenvalue weighted by molar-refractivity contribution is 6.30. The standard InChI is InChI=1S/C51H62O15/c1-8-11-12-13-15-37-17-19-38(20-18-37)21-28-44(52)66-42-25-22-39(23-26-42)40-24-27-43(41(30-40)16-14-29-61-45(53)35(4)5)62-31-51(32-63-46(54)36(6)7,33-64-49(57)47(55)59-9-2)34-65-50(58)48(56)60-10-3/h17-20,22-27,30H,4,6,8-16,21,28-29,31-34H2,1-3,5,7H3. The van der Waals surface area contributed by atoms with E-state index in [1.54, 1.807) is 36.4 Å². The molecular weight excluding hydrogens is 853 g/mol. The highest BCUT2D eigenvalue weighted by atomic mass is 16.6. The molecule has 15 heteroatoms. The van der Waals surface area contributed by atoms with Crippen molar-refractivity contribution in [3.05, 3.63) is 108 Å². The summed E-state index contributed by atoms with van der Waals surface area (Å²) in [5.74, 6) is -6.43. The van der Waals surface area contributed by atoms with E-state index in [-0.39, 0.29) is 43.4 Å². The molecule has 0 amide bonds. The molecule has 15 nitrogen and oxygen atoms in total. The van der Waals surface area contributed by atoms with Gasteiger partial charge in [-0.15, -0.1) is 0 Å². The van der Waals surface area contributed by atoms with Gasteiger partial charge in [-0.25, -0.2) is 28.8 Å². The number of hydrogen-bond acceptors (Lipinski definition) is 15. The molecule has 0 bridgehead atoms. The molecule has 0 radical (unpaired) electrons. The van der Waals surface area contributed by atoms with Gasteiger partial charge >= 0.3 is 41.8 Å². The third kappa shape index (κ3) is 18.8. The molecule has 66 heavy (non-hydrogen) atoms. The average Bonchev–Trinajstić information content (AvgIpc) is 3.31. The van der Waals surface area contributed by atoms with Crippen molar-refractivity contribution in [1.29, 1.82) is 0 Å². The minimum absolute atomic E-state index is 0.0259. The number of unbranched alkanes of at least 4 members (excludes halogenated alkanes) is 3. The zero-order valence-corrected chi connectivity index (χ0v) is 38.7. The van der Waals surface area contributed by atoms with Gasteiger partial charge < -0.3 is 37.9 Å². The molecule has 0 N–H and O–H groups in total. The quantitative estimate of drug-likeness (QED) is 0.0180. The van der Waals surface area contributed by atoms with E-state index in [0.717, 1.165) is 29.5 Å². The van der Waals surface area contributed by atoms with Crippen LogP contribution in [0.25, 0.3) is 11.1 Å². The van der Waals surface area contributed by atoms with Crippen molar-refractivity contribution in [2.45, 2.75) is 92.4 Å². The molecule has 0 saturated carbocycles. The van der Waals surface area contributed by atoms with Gasteiger partial charge in [0.25, 0.3) is 0 Å². The van der Waals surface area contributed by atoms with Crippen LogP contribution < -0.4 is 9.47 Å². The molecule has 3 aromatic rings. The lowest BCUT2D eigenvalue weighted by atomic mass is 9.91. The van der Waals surface area contributed by atoms with Crippen LogP contribution in [-0.4, -0.2) is 88.0 Å². The van der Waals surface area contributed by atoms with Crippen LogP contribution in [-0.2, 0) is 81.2 Å². The fraction of sp³-hybridized carbons (Fsp3) is 0.431. The van der Waals surface area contributed by atoms with E-state index in [4.69, 9.17) is 37.9 Å². The van der Waals surface area contributed by atoms with Crippen molar-refractivity contribution in [2.24, 2.45) is 5.41 Å².